The molecule has 0 fully saturated rings. The molecule has 0 spiro atoms. The quantitative estimate of drug-likeness (QED) is 0.580. The first-order chi connectivity index (χ1) is 5.36. The van der Waals surface area contributed by atoms with Crippen molar-refractivity contribution >= 4 is 11.3 Å². The van der Waals surface area contributed by atoms with E-state index >= 15 is 0 Å². The Kier molecular flexibility index (Phi) is 1.47. The lowest BCUT2D eigenvalue weighted by atomic mass is 10.2. The minimum atomic E-state index is 0.131. The van der Waals surface area contributed by atoms with Crippen molar-refractivity contribution in [1.29, 1.82) is 0 Å². The third kappa shape index (κ3) is 1.17. The molecule has 2 aliphatic rings. The Balaban J connectivity index is 2.83. The van der Waals surface area contributed by atoms with Gasteiger partial charge in [-0.25, -0.2) is 0 Å². The zero-order valence-electron chi connectivity index (χ0n) is 5.78. The van der Waals surface area contributed by atoms with Gasteiger partial charge in [0, 0.05) is 10.9 Å². The first kappa shape index (κ1) is 6.55. The SMILES string of the molecule is O=c1cc2cccccc-2s1. The van der Waals surface area contributed by atoms with Crippen LogP contribution in [0.4, 0.5) is 0 Å². The second-order valence-corrected chi connectivity index (χ2v) is 3.34. The maximum Gasteiger partial charge on any atom is 0.233 e. The topological polar surface area (TPSA) is 17.1 Å². The Labute approximate surface area is 68.3 Å². The van der Waals surface area contributed by atoms with Crippen LogP contribution in [0.5, 0.6) is 0 Å². The summed E-state index contributed by atoms with van der Waals surface area (Å²) in [6, 6.07) is 11.4. The minimum Gasteiger partial charge on any atom is -0.278 e. The molecule has 0 radical (unpaired) electrons. The van der Waals surface area contributed by atoms with Gasteiger partial charge in [-0.1, -0.05) is 35.6 Å². The van der Waals surface area contributed by atoms with E-state index in [2.05, 4.69) is 0 Å². The highest BCUT2D eigenvalue weighted by atomic mass is 32.1. The molecule has 0 saturated carbocycles. The Morgan fingerprint density at radius 3 is 2.82 bits per heavy atom. The van der Waals surface area contributed by atoms with E-state index in [-0.39, 0.29) is 4.74 Å². The molecule has 0 amide bonds. The maximum atomic E-state index is 10.9. The molecule has 1 heterocycles. The Morgan fingerprint density at radius 2 is 1.91 bits per heavy atom. The lowest BCUT2D eigenvalue weighted by molar-refractivity contribution is 1.80. The molecular formula is C9H6OS. The van der Waals surface area contributed by atoms with Gasteiger partial charge in [-0.3, -0.25) is 4.79 Å². The molecular weight excluding hydrogens is 156 g/mol. The molecule has 0 bridgehead atoms. The van der Waals surface area contributed by atoms with Crippen LogP contribution in [0.3, 0.4) is 0 Å². The van der Waals surface area contributed by atoms with Crippen LogP contribution in [-0.4, -0.2) is 0 Å². The predicted molar refractivity (Wildman–Crippen MR) is 47.2 cm³/mol. The van der Waals surface area contributed by atoms with E-state index in [9.17, 15) is 4.79 Å². The van der Waals surface area contributed by atoms with Crippen molar-refractivity contribution in [3.8, 4) is 10.4 Å². The molecule has 0 aromatic heterocycles. The second-order valence-electron chi connectivity index (χ2n) is 2.30. The van der Waals surface area contributed by atoms with Crippen LogP contribution in [0.15, 0.2) is 41.2 Å². The highest BCUT2D eigenvalue weighted by molar-refractivity contribution is 7.13. The van der Waals surface area contributed by atoms with Crippen molar-refractivity contribution in [2.45, 2.75) is 0 Å². The Morgan fingerprint density at radius 1 is 1.09 bits per heavy atom. The van der Waals surface area contributed by atoms with E-state index in [1.165, 1.54) is 11.3 Å². The summed E-state index contributed by atoms with van der Waals surface area (Å²) >= 11 is 1.29. The zero-order chi connectivity index (χ0) is 7.68. The molecule has 0 aromatic carbocycles. The summed E-state index contributed by atoms with van der Waals surface area (Å²) in [5.74, 6) is 0. The van der Waals surface area contributed by atoms with Gasteiger partial charge in [-0.05, 0) is 11.6 Å². The van der Waals surface area contributed by atoms with Crippen LogP contribution in [0.2, 0.25) is 0 Å². The summed E-state index contributed by atoms with van der Waals surface area (Å²) in [6.45, 7) is 0. The van der Waals surface area contributed by atoms with Gasteiger partial charge in [0.25, 0.3) is 0 Å². The van der Waals surface area contributed by atoms with Gasteiger partial charge in [0.05, 0.1) is 0 Å². The first-order valence-corrected chi connectivity index (χ1v) is 4.17. The van der Waals surface area contributed by atoms with E-state index in [4.69, 9.17) is 0 Å². The predicted octanol–water partition coefficient (Wildman–Crippen LogP) is 2.21. The highest BCUT2D eigenvalue weighted by Gasteiger charge is 2.01. The van der Waals surface area contributed by atoms with Crippen molar-refractivity contribution in [2.24, 2.45) is 0 Å². The molecule has 0 saturated heterocycles. The molecule has 1 aliphatic carbocycles. The molecule has 11 heavy (non-hydrogen) atoms. The fourth-order valence-electron chi connectivity index (χ4n) is 1.02. The van der Waals surface area contributed by atoms with Crippen molar-refractivity contribution < 1.29 is 0 Å². The lowest BCUT2D eigenvalue weighted by Crippen LogP contribution is -1.78. The van der Waals surface area contributed by atoms with Crippen LogP contribution < -0.4 is 4.74 Å². The monoisotopic (exact) mass is 162 g/mol. The fraction of sp³-hybridized carbons (Fsp3) is 0. The molecule has 1 nitrogen and oxygen atoms in total. The van der Waals surface area contributed by atoms with Crippen LogP contribution in [0.1, 0.15) is 0 Å². The van der Waals surface area contributed by atoms with E-state index < -0.39 is 0 Å². The number of thiophene rings is 1. The summed E-state index contributed by atoms with van der Waals surface area (Å²) in [4.78, 5) is 12.0. The largest absolute Gasteiger partial charge is 0.278 e. The third-order valence-electron chi connectivity index (χ3n) is 1.51. The van der Waals surface area contributed by atoms with Gasteiger partial charge >= 0.3 is 0 Å². The minimum absolute atomic E-state index is 0.131. The molecule has 0 N–H and O–H groups in total. The molecule has 0 atom stereocenters. The third-order valence-corrected chi connectivity index (χ3v) is 2.42. The second kappa shape index (κ2) is 2.47. The van der Waals surface area contributed by atoms with E-state index in [0.717, 1.165) is 10.4 Å². The smallest absolute Gasteiger partial charge is 0.233 e. The van der Waals surface area contributed by atoms with E-state index in [1.54, 1.807) is 6.07 Å². The van der Waals surface area contributed by atoms with Crippen molar-refractivity contribution in [3.05, 3.63) is 45.9 Å². The van der Waals surface area contributed by atoms with Gasteiger partial charge in [-0.15, -0.1) is 0 Å². The standard InChI is InChI=1S/C9H6OS/c10-9-6-7-4-2-1-3-5-8(7)11-9/h1-6H. The normalized spacial score (nSPS) is 10.2. The Bertz CT molecular complexity index is 357. The van der Waals surface area contributed by atoms with Crippen molar-refractivity contribution in [3.63, 3.8) is 0 Å². The van der Waals surface area contributed by atoms with Gasteiger partial charge in [0.1, 0.15) is 0 Å². The van der Waals surface area contributed by atoms with Crippen LogP contribution in [0, 0.1) is 0 Å². The van der Waals surface area contributed by atoms with E-state index in [1.807, 2.05) is 30.3 Å². The lowest BCUT2D eigenvalue weighted by Gasteiger charge is -1.83. The number of hydrogen-bond donors (Lipinski definition) is 0. The summed E-state index contributed by atoms with van der Waals surface area (Å²) < 4.78 is 0.131. The maximum absolute atomic E-state index is 10.9. The summed E-state index contributed by atoms with van der Waals surface area (Å²) in [6.07, 6.45) is 0. The van der Waals surface area contributed by atoms with E-state index in [0.29, 0.717) is 0 Å². The van der Waals surface area contributed by atoms with Crippen molar-refractivity contribution in [1.82, 2.24) is 0 Å². The molecule has 0 unspecified atom stereocenters. The molecule has 2 heteroatoms. The van der Waals surface area contributed by atoms with Crippen molar-refractivity contribution in [2.75, 3.05) is 0 Å². The molecule has 2 rings (SSSR count). The van der Waals surface area contributed by atoms with Crippen LogP contribution >= 0.6 is 11.3 Å². The molecule has 54 valence electrons. The average molecular weight is 162 g/mol. The summed E-state index contributed by atoms with van der Waals surface area (Å²) in [5, 5.41) is 0. The van der Waals surface area contributed by atoms with Gasteiger partial charge in [-0.2, -0.15) is 0 Å². The van der Waals surface area contributed by atoms with Crippen LogP contribution in [-0.2, 0) is 0 Å². The Hall–Kier alpha value is -1.15. The van der Waals surface area contributed by atoms with Gasteiger partial charge in [0.15, 0.2) is 0 Å². The number of hydrogen-bond acceptors (Lipinski definition) is 2. The average Bonchev–Trinajstić information content (AvgIpc) is 2.17. The number of rotatable bonds is 0. The molecule has 1 aliphatic heterocycles. The zero-order valence-corrected chi connectivity index (χ0v) is 6.60. The number of fused-ring (bicyclic) bond motifs is 1. The van der Waals surface area contributed by atoms with Gasteiger partial charge in [0.2, 0.25) is 4.74 Å². The summed E-state index contributed by atoms with van der Waals surface area (Å²) in [5.41, 5.74) is 1.03. The van der Waals surface area contributed by atoms with Crippen LogP contribution in [0.25, 0.3) is 10.4 Å². The first-order valence-electron chi connectivity index (χ1n) is 3.35. The highest BCUT2D eigenvalue weighted by Crippen LogP contribution is 2.21. The molecule has 0 aromatic rings. The summed E-state index contributed by atoms with van der Waals surface area (Å²) in [7, 11) is 0. The van der Waals surface area contributed by atoms with Gasteiger partial charge < -0.3 is 0 Å². The fourth-order valence-corrected chi connectivity index (χ4v) is 1.82.